The van der Waals surface area contributed by atoms with Crippen LogP contribution in [0.1, 0.15) is 53.9 Å². The van der Waals surface area contributed by atoms with Crippen molar-refractivity contribution in [2.75, 3.05) is 46.0 Å². The Morgan fingerprint density at radius 1 is 1.03 bits per heavy atom. The number of amides is 1. The molecular formula is C28H31ClN2O5. The molecule has 0 spiro atoms. The molecule has 0 aliphatic carbocycles. The van der Waals surface area contributed by atoms with E-state index in [1.165, 1.54) is 0 Å². The first-order chi connectivity index (χ1) is 17.6. The highest BCUT2D eigenvalue weighted by Gasteiger charge is 2.42. The van der Waals surface area contributed by atoms with Crippen molar-refractivity contribution in [3.8, 4) is 5.75 Å². The number of carbonyl (C=O) groups is 1. The third-order valence-corrected chi connectivity index (χ3v) is 7.10. The number of benzene rings is 2. The van der Waals surface area contributed by atoms with Gasteiger partial charge in [0, 0.05) is 31.2 Å². The number of hydrogen-bond donors (Lipinski definition) is 0. The molecular weight excluding hydrogens is 480 g/mol. The Bertz CT molecular complexity index is 1280. The number of unbranched alkanes of at least 4 members (excludes halogenated alkanes) is 1. The molecule has 0 N–H and O–H groups in total. The van der Waals surface area contributed by atoms with Gasteiger partial charge in [0.2, 0.25) is 5.76 Å². The maximum Gasteiger partial charge on any atom is 0.290 e. The van der Waals surface area contributed by atoms with Gasteiger partial charge in [-0.3, -0.25) is 14.5 Å². The third-order valence-electron chi connectivity index (χ3n) is 6.87. The van der Waals surface area contributed by atoms with E-state index in [4.69, 9.17) is 25.5 Å². The highest BCUT2D eigenvalue weighted by molar-refractivity contribution is 6.31. The minimum atomic E-state index is -0.526. The van der Waals surface area contributed by atoms with Gasteiger partial charge in [0.25, 0.3) is 5.91 Å². The van der Waals surface area contributed by atoms with E-state index in [1.807, 2.05) is 24.3 Å². The number of nitrogens with zero attached hydrogens (tertiary/aromatic N) is 2. The second kappa shape index (κ2) is 11.0. The van der Waals surface area contributed by atoms with E-state index in [0.29, 0.717) is 34.7 Å². The average molecular weight is 511 g/mol. The summed E-state index contributed by atoms with van der Waals surface area (Å²) in [7, 11) is 0. The first-order valence-electron chi connectivity index (χ1n) is 12.7. The fraction of sp³-hybridized carbons (Fsp3) is 0.429. The molecule has 5 rings (SSSR count). The molecule has 3 heterocycles. The van der Waals surface area contributed by atoms with Crippen LogP contribution in [0, 0.1) is 0 Å². The summed E-state index contributed by atoms with van der Waals surface area (Å²) in [4.78, 5) is 31.4. The van der Waals surface area contributed by atoms with Crippen LogP contribution < -0.4 is 10.2 Å². The summed E-state index contributed by atoms with van der Waals surface area (Å²) in [6.07, 6.45) is 2.83. The Labute approximate surface area is 215 Å². The Morgan fingerprint density at radius 2 is 1.81 bits per heavy atom. The van der Waals surface area contributed by atoms with Crippen LogP contribution in [-0.4, -0.2) is 61.7 Å². The summed E-state index contributed by atoms with van der Waals surface area (Å²) in [6.45, 7) is 7.40. The van der Waals surface area contributed by atoms with Crippen molar-refractivity contribution in [3.63, 3.8) is 0 Å². The summed E-state index contributed by atoms with van der Waals surface area (Å²) in [5.74, 6) is 0.636. The zero-order valence-electron chi connectivity index (χ0n) is 20.5. The van der Waals surface area contributed by atoms with Crippen molar-refractivity contribution < 1.29 is 18.7 Å². The molecule has 2 aliphatic heterocycles. The van der Waals surface area contributed by atoms with Crippen LogP contribution in [0.5, 0.6) is 5.75 Å². The van der Waals surface area contributed by atoms with Gasteiger partial charge >= 0.3 is 0 Å². The fourth-order valence-corrected chi connectivity index (χ4v) is 5.11. The number of halogens is 1. The number of rotatable bonds is 9. The number of ether oxygens (including phenoxy) is 2. The smallest absolute Gasteiger partial charge is 0.290 e. The monoisotopic (exact) mass is 510 g/mol. The zero-order chi connectivity index (χ0) is 25.1. The first-order valence-corrected chi connectivity index (χ1v) is 13.0. The Hall–Kier alpha value is -2.87. The van der Waals surface area contributed by atoms with Crippen LogP contribution in [0.2, 0.25) is 5.02 Å². The van der Waals surface area contributed by atoms with Crippen LogP contribution in [0.25, 0.3) is 11.0 Å². The molecule has 0 bridgehead atoms. The summed E-state index contributed by atoms with van der Waals surface area (Å²) in [5, 5.41) is 0.834. The van der Waals surface area contributed by atoms with Gasteiger partial charge in [-0.1, -0.05) is 37.1 Å². The van der Waals surface area contributed by atoms with Crippen molar-refractivity contribution in [1.29, 1.82) is 0 Å². The number of fused-ring (bicyclic) bond motifs is 2. The molecule has 2 aliphatic rings. The van der Waals surface area contributed by atoms with E-state index in [2.05, 4.69) is 11.8 Å². The van der Waals surface area contributed by atoms with Crippen molar-refractivity contribution >= 4 is 28.5 Å². The minimum absolute atomic E-state index is 0.120. The maximum atomic E-state index is 13.7. The lowest BCUT2D eigenvalue weighted by atomic mass is 9.98. The maximum absolute atomic E-state index is 13.7. The SMILES string of the molecule is CCCCOc1ccc(C2c3c(oc4ccc(Cl)cc4c3=O)C(=O)N2CCCN2CCOCC2)cc1. The van der Waals surface area contributed by atoms with Gasteiger partial charge in [0.15, 0.2) is 5.43 Å². The van der Waals surface area contributed by atoms with Gasteiger partial charge in [-0.15, -0.1) is 0 Å². The lowest BCUT2D eigenvalue weighted by Crippen LogP contribution is -2.38. The van der Waals surface area contributed by atoms with Gasteiger partial charge < -0.3 is 18.8 Å². The highest BCUT2D eigenvalue weighted by atomic mass is 35.5. The van der Waals surface area contributed by atoms with Crippen LogP contribution in [0.3, 0.4) is 0 Å². The van der Waals surface area contributed by atoms with Gasteiger partial charge in [0.1, 0.15) is 11.3 Å². The van der Waals surface area contributed by atoms with Crippen molar-refractivity contribution in [3.05, 3.63) is 74.6 Å². The average Bonchev–Trinajstić information content (AvgIpc) is 3.17. The van der Waals surface area contributed by atoms with Crippen LogP contribution in [-0.2, 0) is 4.74 Å². The van der Waals surface area contributed by atoms with E-state index in [1.54, 1.807) is 23.1 Å². The Balaban J connectivity index is 1.48. The lowest BCUT2D eigenvalue weighted by Gasteiger charge is -2.29. The predicted molar refractivity (Wildman–Crippen MR) is 139 cm³/mol. The van der Waals surface area contributed by atoms with Crippen molar-refractivity contribution in [2.24, 2.45) is 0 Å². The first kappa shape index (κ1) is 24.8. The molecule has 190 valence electrons. The molecule has 3 aromatic rings. The van der Waals surface area contributed by atoms with Gasteiger partial charge in [0.05, 0.1) is 36.8 Å². The standard InChI is InChI=1S/C28H31ClN2O5/c1-2-3-15-35-21-8-5-19(6-9-21)25-24-26(32)22-18-20(29)7-10-23(22)36-27(24)28(33)31(25)12-4-11-30-13-16-34-17-14-30/h5-10,18,25H,2-4,11-17H2,1H3. The summed E-state index contributed by atoms with van der Waals surface area (Å²) in [6, 6.07) is 12.1. The van der Waals surface area contributed by atoms with Gasteiger partial charge in [-0.05, 0) is 48.7 Å². The molecule has 0 radical (unpaired) electrons. The second-order valence-electron chi connectivity index (χ2n) is 9.29. The summed E-state index contributed by atoms with van der Waals surface area (Å²) < 4.78 is 17.3. The highest BCUT2D eigenvalue weighted by Crippen LogP contribution is 2.39. The molecule has 36 heavy (non-hydrogen) atoms. The topological polar surface area (TPSA) is 72.2 Å². The normalized spacial score (nSPS) is 18.1. The predicted octanol–water partition coefficient (Wildman–Crippen LogP) is 4.89. The molecule has 1 aromatic heterocycles. The van der Waals surface area contributed by atoms with E-state index in [0.717, 1.165) is 63.4 Å². The Morgan fingerprint density at radius 3 is 2.56 bits per heavy atom. The number of morpholine rings is 1. The van der Waals surface area contributed by atoms with Gasteiger partial charge in [-0.2, -0.15) is 0 Å². The van der Waals surface area contributed by atoms with Crippen molar-refractivity contribution in [2.45, 2.75) is 32.2 Å². The van der Waals surface area contributed by atoms with Crippen LogP contribution in [0.15, 0.2) is 51.7 Å². The third kappa shape index (κ3) is 5.01. The van der Waals surface area contributed by atoms with Crippen LogP contribution >= 0.6 is 11.6 Å². The van der Waals surface area contributed by atoms with E-state index in [-0.39, 0.29) is 17.1 Å². The molecule has 2 aromatic carbocycles. The minimum Gasteiger partial charge on any atom is -0.494 e. The quantitative estimate of drug-likeness (QED) is 0.381. The molecule has 1 saturated heterocycles. The van der Waals surface area contributed by atoms with E-state index < -0.39 is 6.04 Å². The molecule has 1 unspecified atom stereocenters. The molecule has 1 amide bonds. The number of hydrogen-bond acceptors (Lipinski definition) is 6. The second-order valence-corrected chi connectivity index (χ2v) is 9.73. The summed E-state index contributed by atoms with van der Waals surface area (Å²) >= 11 is 6.18. The van der Waals surface area contributed by atoms with Crippen LogP contribution in [0.4, 0.5) is 0 Å². The largest absolute Gasteiger partial charge is 0.494 e. The molecule has 0 saturated carbocycles. The molecule has 1 atom stereocenters. The molecule has 7 nitrogen and oxygen atoms in total. The fourth-order valence-electron chi connectivity index (χ4n) is 4.94. The number of carbonyl (C=O) groups excluding carboxylic acids is 1. The van der Waals surface area contributed by atoms with E-state index >= 15 is 0 Å². The molecule has 1 fully saturated rings. The van der Waals surface area contributed by atoms with Gasteiger partial charge in [-0.25, -0.2) is 0 Å². The van der Waals surface area contributed by atoms with E-state index in [9.17, 15) is 9.59 Å². The zero-order valence-corrected chi connectivity index (χ0v) is 21.3. The molecule has 8 heteroatoms. The van der Waals surface area contributed by atoms with Crippen molar-refractivity contribution in [1.82, 2.24) is 9.80 Å². The summed E-state index contributed by atoms with van der Waals surface area (Å²) in [5.41, 5.74) is 1.38. The Kier molecular flexibility index (Phi) is 7.60. The lowest BCUT2D eigenvalue weighted by molar-refractivity contribution is 0.0353.